The second kappa shape index (κ2) is 8.19. The summed E-state index contributed by atoms with van der Waals surface area (Å²) < 4.78 is 0. The Balaban J connectivity index is 2.33. The van der Waals surface area contributed by atoms with Crippen LogP contribution in [-0.2, 0) is 9.63 Å². The van der Waals surface area contributed by atoms with Crippen molar-refractivity contribution in [3.63, 3.8) is 0 Å². The molecule has 0 fully saturated rings. The largest absolute Gasteiger partial charge is 0.384 e. The Hall–Kier alpha value is -2.04. The molecule has 0 aliphatic heterocycles. The molecule has 0 aromatic heterocycles. The second-order valence-corrected chi connectivity index (χ2v) is 5.15. The summed E-state index contributed by atoms with van der Waals surface area (Å²) in [6.07, 6.45) is 1.63. The van der Waals surface area contributed by atoms with Crippen molar-refractivity contribution in [2.24, 2.45) is 16.8 Å². The number of para-hydroxylation sites is 1. The van der Waals surface area contributed by atoms with Gasteiger partial charge in [0.15, 0.2) is 6.61 Å². The second-order valence-electron chi connectivity index (χ2n) is 5.15. The number of amidine groups is 1. The van der Waals surface area contributed by atoms with E-state index in [1.807, 2.05) is 31.2 Å². The van der Waals surface area contributed by atoms with Gasteiger partial charge >= 0.3 is 0 Å². The molecule has 0 atom stereocenters. The zero-order valence-corrected chi connectivity index (χ0v) is 12.3. The lowest BCUT2D eigenvalue weighted by atomic mass is 10.1. The van der Waals surface area contributed by atoms with Crippen molar-refractivity contribution >= 4 is 17.4 Å². The average Bonchev–Trinajstić information content (AvgIpc) is 2.39. The smallest absolute Gasteiger partial charge is 0.265 e. The zero-order chi connectivity index (χ0) is 15.0. The maximum Gasteiger partial charge on any atom is 0.265 e. The molecule has 5 nitrogen and oxygen atoms in total. The lowest BCUT2D eigenvalue weighted by Crippen LogP contribution is -2.19. The summed E-state index contributed by atoms with van der Waals surface area (Å²) in [6, 6.07) is 7.55. The highest BCUT2D eigenvalue weighted by molar-refractivity contribution is 5.92. The van der Waals surface area contributed by atoms with Crippen LogP contribution in [0, 0.1) is 12.8 Å². The van der Waals surface area contributed by atoms with Gasteiger partial charge in [-0.3, -0.25) is 4.79 Å². The molecule has 0 aliphatic rings. The molecule has 0 spiro atoms. The van der Waals surface area contributed by atoms with Gasteiger partial charge in [-0.2, -0.15) is 0 Å². The zero-order valence-electron chi connectivity index (χ0n) is 12.3. The van der Waals surface area contributed by atoms with Crippen LogP contribution in [0.2, 0.25) is 0 Å². The number of nitrogens with one attached hydrogen (secondary N) is 1. The van der Waals surface area contributed by atoms with Gasteiger partial charge in [0.05, 0.1) is 0 Å². The van der Waals surface area contributed by atoms with Gasteiger partial charge in [-0.25, -0.2) is 0 Å². The first kappa shape index (κ1) is 16.0. The molecule has 0 aliphatic carbocycles. The maximum atomic E-state index is 11.7. The van der Waals surface area contributed by atoms with Gasteiger partial charge < -0.3 is 15.9 Å². The van der Waals surface area contributed by atoms with Gasteiger partial charge in [0.25, 0.3) is 5.91 Å². The summed E-state index contributed by atoms with van der Waals surface area (Å²) in [4.78, 5) is 16.6. The number of hydrogen-bond donors (Lipinski definition) is 2. The van der Waals surface area contributed by atoms with Crippen LogP contribution < -0.4 is 11.1 Å². The van der Waals surface area contributed by atoms with E-state index in [0.717, 1.165) is 17.7 Å². The van der Waals surface area contributed by atoms with Gasteiger partial charge in [0, 0.05) is 12.1 Å². The number of oxime groups is 1. The van der Waals surface area contributed by atoms with Crippen LogP contribution in [0.1, 0.15) is 32.3 Å². The molecule has 0 bridgehead atoms. The van der Waals surface area contributed by atoms with E-state index in [2.05, 4.69) is 24.3 Å². The quantitative estimate of drug-likeness (QED) is 0.457. The fourth-order valence-corrected chi connectivity index (χ4v) is 1.56. The number of amides is 1. The Kier molecular flexibility index (Phi) is 6.56. The number of carbonyl (C=O) groups excluding carboxylic acids is 1. The normalized spacial score (nSPS) is 11.5. The summed E-state index contributed by atoms with van der Waals surface area (Å²) in [5.74, 6) is 0.732. The van der Waals surface area contributed by atoms with E-state index in [9.17, 15) is 4.79 Å². The third-order valence-corrected chi connectivity index (χ3v) is 2.77. The van der Waals surface area contributed by atoms with Gasteiger partial charge in [-0.05, 0) is 30.9 Å². The van der Waals surface area contributed by atoms with Crippen LogP contribution in [0.5, 0.6) is 0 Å². The number of anilines is 1. The van der Waals surface area contributed by atoms with Crippen molar-refractivity contribution < 1.29 is 9.63 Å². The van der Waals surface area contributed by atoms with Gasteiger partial charge in [-0.15, -0.1) is 0 Å². The number of benzene rings is 1. The molecule has 0 saturated carbocycles. The molecule has 1 rings (SSSR count). The first-order chi connectivity index (χ1) is 9.49. The minimum atomic E-state index is -0.250. The van der Waals surface area contributed by atoms with Gasteiger partial charge in [0.1, 0.15) is 5.84 Å². The number of carbonyl (C=O) groups is 1. The van der Waals surface area contributed by atoms with E-state index in [0.29, 0.717) is 18.2 Å². The van der Waals surface area contributed by atoms with Gasteiger partial charge in [-0.1, -0.05) is 37.2 Å². The Labute approximate surface area is 120 Å². The molecule has 5 heteroatoms. The Morgan fingerprint density at radius 3 is 2.75 bits per heavy atom. The summed E-state index contributed by atoms with van der Waals surface area (Å²) in [5.41, 5.74) is 7.45. The number of aryl methyl sites for hydroxylation is 1. The molecule has 20 heavy (non-hydrogen) atoms. The average molecular weight is 277 g/mol. The first-order valence-electron chi connectivity index (χ1n) is 6.79. The van der Waals surface area contributed by atoms with Crippen molar-refractivity contribution in [2.75, 3.05) is 11.9 Å². The fourth-order valence-electron chi connectivity index (χ4n) is 1.56. The van der Waals surface area contributed by atoms with Crippen LogP contribution in [0.25, 0.3) is 0 Å². The summed E-state index contributed by atoms with van der Waals surface area (Å²) >= 11 is 0. The van der Waals surface area contributed by atoms with Crippen LogP contribution in [0.15, 0.2) is 29.4 Å². The molecule has 0 unspecified atom stereocenters. The molecular weight excluding hydrogens is 254 g/mol. The minimum absolute atomic E-state index is 0.142. The third kappa shape index (κ3) is 6.22. The Morgan fingerprint density at radius 2 is 2.10 bits per heavy atom. The van der Waals surface area contributed by atoms with E-state index in [4.69, 9.17) is 10.6 Å². The van der Waals surface area contributed by atoms with Crippen molar-refractivity contribution in [1.82, 2.24) is 0 Å². The highest BCUT2D eigenvalue weighted by Crippen LogP contribution is 2.12. The van der Waals surface area contributed by atoms with Gasteiger partial charge in [0.2, 0.25) is 0 Å². The van der Waals surface area contributed by atoms with Crippen molar-refractivity contribution in [1.29, 1.82) is 0 Å². The van der Waals surface area contributed by atoms with Crippen LogP contribution >= 0.6 is 0 Å². The molecule has 3 N–H and O–H groups in total. The number of rotatable bonds is 7. The van der Waals surface area contributed by atoms with Crippen molar-refractivity contribution in [3.05, 3.63) is 29.8 Å². The first-order valence-corrected chi connectivity index (χ1v) is 6.79. The van der Waals surface area contributed by atoms with E-state index >= 15 is 0 Å². The Morgan fingerprint density at radius 1 is 1.40 bits per heavy atom. The van der Waals surface area contributed by atoms with Crippen molar-refractivity contribution in [2.45, 2.75) is 33.6 Å². The Bertz CT molecular complexity index is 470. The van der Waals surface area contributed by atoms with E-state index in [1.165, 1.54) is 0 Å². The van der Waals surface area contributed by atoms with Crippen molar-refractivity contribution in [3.8, 4) is 0 Å². The van der Waals surface area contributed by atoms with E-state index in [1.54, 1.807) is 0 Å². The molecule has 1 aromatic rings. The molecule has 1 amide bonds. The lowest BCUT2D eigenvalue weighted by molar-refractivity contribution is -0.120. The highest BCUT2D eigenvalue weighted by atomic mass is 16.6. The molecule has 0 radical (unpaired) electrons. The number of nitrogens with two attached hydrogens (primary N) is 1. The van der Waals surface area contributed by atoms with E-state index in [-0.39, 0.29) is 12.5 Å². The SMILES string of the molecule is Cc1ccccc1NC(=O)CO/N=C(\N)CCC(C)C. The summed E-state index contributed by atoms with van der Waals surface area (Å²) in [5, 5.41) is 6.49. The highest BCUT2D eigenvalue weighted by Gasteiger charge is 2.05. The molecule has 0 saturated heterocycles. The van der Waals surface area contributed by atoms with E-state index < -0.39 is 0 Å². The van der Waals surface area contributed by atoms with Crippen LogP contribution in [0.4, 0.5) is 5.69 Å². The predicted octanol–water partition coefficient (Wildman–Crippen LogP) is 2.66. The third-order valence-electron chi connectivity index (χ3n) is 2.77. The maximum absolute atomic E-state index is 11.7. The van der Waals surface area contributed by atoms with Crippen LogP contribution in [-0.4, -0.2) is 18.3 Å². The number of hydrogen-bond acceptors (Lipinski definition) is 3. The molecular formula is C15H23N3O2. The molecule has 1 aromatic carbocycles. The molecule has 110 valence electrons. The standard InChI is InChI=1S/C15H23N3O2/c1-11(2)8-9-14(16)18-20-10-15(19)17-13-7-5-4-6-12(13)3/h4-7,11H,8-10H2,1-3H3,(H2,16,18)(H,17,19). The summed E-state index contributed by atoms with van der Waals surface area (Å²) in [6.45, 7) is 6.02. The topological polar surface area (TPSA) is 76.7 Å². The fraction of sp³-hybridized carbons (Fsp3) is 0.467. The monoisotopic (exact) mass is 277 g/mol. The molecule has 0 heterocycles. The summed E-state index contributed by atoms with van der Waals surface area (Å²) in [7, 11) is 0. The lowest BCUT2D eigenvalue weighted by Gasteiger charge is -2.07. The van der Waals surface area contributed by atoms with Crippen LogP contribution in [0.3, 0.4) is 0 Å². The predicted molar refractivity (Wildman–Crippen MR) is 81.5 cm³/mol. The number of nitrogens with zero attached hydrogens (tertiary/aromatic N) is 1. The minimum Gasteiger partial charge on any atom is -0.384 e.